The van der Waals surface area contributed by atoms with Crippen molar-refractivity contribution in [2.45, 2.75) is 51.0 Å². The van der Waals surface area contributed by atoms with Gasteiger partial charge in [0.05, 0.1) is 17.1 Å². The van der Waals surface area contributed by atoms with Gasteiger partial charge in [-0.1, -0.05) is 6.07 Å². The predicted octanol–water partition coefficient (Wildman–Crippen LogP) is 1.90. The molecule has 1 aliphatic carbocycles. The minimum Gasteiger partial charge on any atom is -0.268 e. The molecule has 0 atom stereocenters. The zero-order valence-electron chi connectivity index (χ0n) is 17.1. The standard InChI is InChI=1S/C21H25N5O3S/c1-15-13-16(2)26(23-15)20-9-10-21(27)25(24-20)12-11-22-30(28,29)19-8-7-17-5-3-4-6-18(17)14-19/h7-10,13-14,22H,3-6,11-12H2,1-2H3. The van der Waals surface area contributed by atoms with Crippen molar-refractivity contribution in [3.63, 3.8) is 0 Å². The van der Waals surface area contributed by atoms with Gasteiger partial charge in [-0.2, -0.15) is 5.10 Å². The van der Waals surface area contributed by atoms with Crippen LogP contribution in [0.25, 0.3) is 5.82 Å². The first-order chi connectivity index (χ1) is 14.3. The molecule has 0 unspecified atom stereocenters. The number of benzene rings is 1. The Morgan fingerprint density at radius 3 is 2.50 bits per heavy atom. The lowest BCUT2D eigenvalue weighted by atomic mass is 9.92. The fourth-order valence-electron chi connectivity index (χ4n) is 3.82. The maximum atomic E-state index is 12.7. The van der Waals surface area contributed by atoms with Gasteiger partial charge in [-0.3, -0.25) is 4.79 Å². The van der Waals surface area contributed by atoms with Crippen molar-refractivity contribution in [2.75, 3.05) is 6.54 Å². The molecule has 0 amide bonds. The number of rotatable bonds is 6. The molecule has 3 aromatic rings. The second-order valence-corrected chi connectivity index (χ2v) is 9.39. The second-order valence-electron chi connectivity index (χ2n) is 7.63. The smallest absolute Gasteiger partial charge is 0.266 e. The van der Waals surface area contributed by atoms with Gasteiger partial charge in [0.15, 0.2) is 5.82 Å². The lowest BCUT2D eigenvalue weighted by Gasteiger charge is -2.17. The van der Waals surface area contributed by atoms with Crippen LogP contribution >= 0.6 is 0 Å². The molecule has 0 aliphatic heterocycles. The number of fused-ring (bicyclic) bond motifs is 1. The number of nitrogens with zero attached hydrogens (tertiary/aromatic N) is 4. The van der Waals surface area contributed by atoms with Crippen LogP contribution in [0, 0.1) is 13.8 Å². The monoisotopic (exact) mass is 427 g/mol. The molecule has 2 heterocycles. The Hall–Kier alpha value is -2.78. The summed E-state index contributed by atoms with van der Waals surface area (Å²) in [5, 5.41) is 8.71. The van der Waals surface area contributed by atoms with E-state index in [1.165, 1.54) is 16.3 Å². The van der Waals surface area contributed by atoms with Crippen molar-refractivity contribution in [3.05, 3.63) is 69.3 Å². The normalized spacial score (nSPS) is 13.9. The fraction of sp³-hybridized carbons (Fsp3) is 0.381. The van der Waals surface area contributed by atoms with Crippen molar-refractivity contribution in [3.8, 4) is 5.82 Å². The van der Waals surface area contributed by atoms with Crippen LogP contribution in [0.1, 0.15) is 35.4 Å². The number of hydrogen-bond donors (Lipinski definition) is 1. The molecule has 8 nitrogen and oxygen atoms in total. The van der Waals surface area contributed by atoms with E-state index in [4.69, 9.17) is 0 Å². The zero-order chi connectivity index (χ0) is 21.3. The summed E-state index contributed by atoms with van der Waals surface area (Å²) in [6, 6.07) is 10.3. The summed E-state index contributed by atoms with van der Waals surface area (Å²) in [5.74, 6) is 0.512. The third-order valence-electron chi connectivity index (χ3n) is 5.33. The summed E-state index contributed by atoms with van der Waals surface area (Å²) in [6.45, 7) is 3.97. The zero-order valence-corrected chi connectivity index (χ0v) is 17.9. The fourth-order valence-corrected chi connectivity index (χ4v) is 4.89. The Morgan fingerprint density at radius 2 is 1.77 bits per heavy atom. The van der Waals surface area contributed by atoms with Gasteiger partial charge in [-0.25, -0.2) is 22.5 Å². The van der Waals surface area contributed by atoms with Crippen LogP contribution in [0.3, 0.4) is 0 Å². The summed E-state index contributed by atoms with van der Waals surface area (Å²) in [4.78, 5) is 12.4. The molecule has 0 spiro atoms. The summed E-state index contributed by atoms with van der Waals surface area (Å²) >= 11 is 0. The molecule has 0 saturated heterocycles. The van der Waals surface area contributed by atoms with Gasteiger partial charge in [0.25, 0.3) is 5.56 Å². The predicted molar refractivity (Wildman–Crippen MR) is 113 cm³/mol. The van der Waals surface area contributed by atoms with Crippen LogP contribution in [-0.2, 0) is 29.4 Å². The van der Waals surface area contributed by atoms with Crippen LogP contribution in [0.2, 0.25) is 0 Å². The summed E-state index contributed by atoms with van der Waals surface area (Å²) < 4.78 is 30.9. The highest BCUT2D eigenvalue weighted by Crippen LogP contribution is 2.24. The van der Waals surface area contributed by atoms with Crippen LogP contribution < -0.4 is 10.3 Å². The lowest BCUT2D eigenvalue weighted by molar-refractivity contribution is 0.541. The molecular formula is C21H25N5O3S. The van der Waals surface area contributed by atoms with Crippen molar-refractivity contribution in [1.82, 2.24) is 24.3 Å². The Balaban J connectivity index is 1.48. The molecule has 1 N–H and O–H groups in total. The number of aryl methyl sites for hydroxylation is 4. The largest absolute Gasteiger partial charge is 0.268 e. The van der Waals surface area contributed by atoms with Crippen molar-refractivity contribution in [1.29, 1.82) is 0 Å². The van der Waals surface area contributed by atoms with Gasteiger partial charge in [-0.05, 0) is 74.9 Å². The highest BCUT2D eigenvalue weighted by Gasteiger charge is 2.17. The van der Waals surface area contributed by atoms with E-state index in [1.807, 2.05) is 26.0 Å². The molecule has 2 aromatic heterocycles. The van der Waals surface area contributed by atoms with E-state index in [1.54, 1.807) is 22.9 Å². The van der Waals surface area contributed by atoms with E-state index < -0.39 is 10.0 Å². The maximum absolute atomic E-state index is 12.7. The molecule has 0 radical (unpaired) electrons. The quantitative estimate of drug-likeness (QED) is 0.648. The first-order valence-electron chi connectivity index (χ1n) is 10.1. The summed E-state index contributed by atoms with van der Waals surface area (Å²) in [5.41, 5.74) is 3.80. The molecule has 1 aliphatic rings. The van der Waals surface area contributed by atoms with Crippen molar-refractivity contribution >= 4 is 10.0 Å². The minimum atomic E-state index is -3.65. The number of nitrogens with one attached hydrogen (secondary N) is 1. The average molecular weight is 428 g/mol. The van der Waals surface area contributed by atoms with E-state index in [0.29, 0.717) is 5.82 Å². The topological polar surface area (TPSA) is 98.9 Å². The van der Waals surface area contributed by atoms with Gasteiger partial charge in [-0.15, -0.1) is 5.10 Å². The number of aromatic nitrogens is 4. The molecule has 1 aromatic carbocycles. The van der Waals surface area contributed by atoms with Crippen LogP contribution in [-0.4, -0.2) is 34.5 Å². The minimum absolute atomic E-state index is 0.0624. The van der Waals surface area contributed by atoms with Crippen LogP contribution in [0.5, 0.6) is 0 Å². The Labute approximate surface area is 175 Å². The highest BCUT2D eigenvalue weighted by atomic mass is 32.2. The summed E-state index contributed by atoms with van der Waals surface area (Å²) in [7, 11) is -3.65. The van der Waals surface area contributed by atoms with Gasteiger partial charge in [0.2, 0.25) is 10.0 Å². The molecule has 9 heteroatoms. The third kappa shape index (κ3) is 4.22. The lowest BCUT2D eigenvalue weighted by Crippen LogP contribution is -2.32. The van der Waals surface area contributed by atoms with E-state index >= 15 is 0 Å². The Morgan fingerprint density at radius 1 is 1.00 bits per heavy atom. The SMILES string of the molecule is Cc1cc(C)n(-c2ccc(=O)n(CCNS(=O)(=O)c3ccc4c(c3)CCCC4)n2)n1. The molecular weight excluding hydrogens is 402 g/mol. The maximum Gasteiger partial charge on any atom is 0.266 e. The van der Waals surface area contributed by atoms with E-state index in [-0.39, 0.29) is 23.5 Å². The van der Waals surface area contributed by atoms with Gasteiger partial charge in [0, 0.05) is 18.3 Å². The van der Waals surface area contributed by atoms with Crippen LogP contribution in [0.4, 0.5) is 0 Å². The molecule has 0 fully saturated rings. The molecule has 30 heavy (non-hydrogen) atoms. The molecule has 158 valence electrons. The molecule has 0 saturated carbocycles. The van der Waals surface area contributed by atoms with E-state index in [0.717, 1.165) is 42.6 Å². The van der Waals surface area contributed by atoms with Gasteiger partial charge >= 0.3 is 0 Å². The van der Waals surface area contributed by atoms with E-state index in [9.17, 15) is 13.2 Å². The summed E-state index contributed by atoms with van der Waals surface area (Å²) in [6.07, 6.45) is 4.15. The molecule has 4 rings (SSSR count). The first-order valence-corrected chi connectivity index (χ1v) is 11.5. The Kier molecular flexibility index (Phi) is 5.57. The molecule has 0 bridgehead atoms. The Bertz CT molecular complexity index is 1240. The number of sulfonamides is 1. The average Bonchev–Trinajstić information content (AvgIpc) is 3.07. The van der Waals surface area contributed by atoms with Gasteiger partial charge < -0.3 is 0 Å². The van der Waals surface area contributed by atoms with Gasteiger partial charge in [0.1, 0.15) is 0 Å². The second kappa shape index (κ2) is 8.16. The highest BCUT2D eigenvalue weighted by molar-refractivity contribution is 7.89. The number of hydrogen-bond acceptors (Lipinski definition) is 5. The van der Waals surface area contributed by atoms with Crippen molar-refractivity contribution in [2.24, 2.45) is 0 Å². The van der Waals surface area contributed by atoms with E-state index in [2.05, 4.69) is 14.9 Å². The third-order valence-corrected chi connectivity index (χ3v) is 6.78. The first kappa shape index (κ1) is 20.5. The van der Waals surface area contributed by atoms with Crippen molar-refractivity contribution < 1.29 is 8.42 Å². The van der Waals surface area contributed by atoms with Crippen LogP contribution in [0.15, 0.2) is 46.1 Å².